The van der Waals surface area contributed by atoms with Gasteiger partial charge in [0.15, 0.2) is 0 Å². The van der Waals surface area contributed by atoms with Gasteiger partial charge in [0, 0.05) is 25.2 Å². The third-order valence-electron chi connectivity index (χ3n) is 5.96. The predicted octanol–water partition coefficient (Wildman–Crippen LogP) is 2.63. The molecule has 0 radical (unpaired) electrons. The minimum Gasteiger partial charge on any atom is -0.337 e. The molecule has 6 nitrogen and oxygen atoms in total. The molecule has 2 aliphatic heterocycles. The smallest absolute Gasteiger partial charge is 0.237 e. The Hall–Kier alpha value is -2.73. The van der Waals surface area contributed by atoms with Crippen molar-refractivity contribution in [2.75, 3.05) is 31.5 Å². The quantitative estimate of drug-likeness (QED) is 0.869. The summed E-state index contributed by atoms with van der Waals surface area (Å²) in [6.07, 6.45) is 4.22. The molecular formula is C23H28N4O2. The number of amides is 2. The third kappa shape index (κ3) is 4.82. The van der Waals surface area contributed by atoms with Gasteiger partial charge in [-0.25, -0.2) is 4.98 Å². The van der Waals surface area contributed by atoms with Gasteiger partial charge in [-0.1, -0.05) is 30.3 Å². The van der Waals surface area contributed by atoms with Crippen molar-refractivity contribution in [1.82, 2.24) is 14.8 Å². The molecule has 0 spiro atoms. The third-order valence-corrected chi connectivity index (χ3v) is 5.96. The van der Waals surface area contributed by atoms with Gasteiger partial charge in [-0.15, -0.1) is 0 Å². The van der Waals surface area contributed by atoms with Crippen LogP contribution in [0.3, 0.4) is 0 Å². The monoisotopic (exact) mass is 392 g/mol. The first-order valence-electron chi connectivity index (χ1n) is 10.4. The molecule has 6 heteroatoms. The lowest BCUT2D eigenvalue weighted by Crippen LogP contribution is -2.46. The number of nitrogens with zero attached hydrogens (tertiary/aromatic N) is 3. The molecule has 0 atom stereocenters. The summed E-state index contributed by atoms with van der Waals surface area (Å²) in [6, 6.07) is 12.1. The first kappa shape index (κ1) is 19.6. The van der Waals surface area contributed by atoms with Crippen LogP contribution in [0.25, 0.3) is 0 Å². The topological polar surface area (TPSA) is 65.5 Å². The number of likely N-dealkylation sites (tertiary alicyclic amines) is 1. The average molecular weight is 393 g/mol. The van der Waals surface area contributed by atoms with Gasteiger partial charge in [0.1, 0.15) is 5.82 Å². The summed E-state index contributed by atoms with van der Waals surface area (Å²) in [7, 11) is 0. The lowest BCUT2D eigenvalue weighted by Gasteiger charge is -2.34. The van der Waals surface area contributed by atoms with E-state index in [0.29, 0.717) is 18.9 Å². The van der Waals surface area contributed by atoms with Crippen LogP contribution in [0.4, 0.5) is 5.82 Å². The molecule has 3 heterocycles. The number of aryl methyl sites for hydroxylation is 1. The largest absolute Gasteiger partial charge is 0.337 e. The minimum absolute atomic E-state index is 0.0219. The van der Waals surface area contributed by atoms with Crippen molar-refractivity contribution in [2.45, 2.75) is 32.7 Å². The summed E-state index contributed by atoms with van der Waals surface area (Å²) in [5.41, 5.74) is 3.68. The van der Waals surface area contributed by atoms with Gasteiger partial charge in [-0.3, -0.25) is 14.5 Å². The van der Waals surface area contributed by atoms with Crippen LogP contribution in [0.1, 0.15) is 29.5 Å². The zero-order chi connectivity index (χ0) is 20.2. The standard InChI is InChI=1S/C23H28N4O2/c1-17-6-7-21(24-14-17)25-23(29)19-8-11-26(12-9-19)16-22(28)27-13-10-18-4-2-3-5-20(18)15-27/h2-7,14,19H,8-13,15-16H2,1H3,(H,24,25,29). The summed E-state index contributed by atoms with van der Waals surface area (Å²) in [5.74, 6) is 0.793. The van der Waals surface area contributed by atoms with Crippen LogP contribution in [0.2, 0.25) is 0 Å². The summed E-state index contributed by atoms with van der Waals surface area (Å²) in [5, 5.41) is 2.91. The van der Waals surface area contributed by atoms with E-state index in [1.807, 2.05) is 30.0 Å². The number of hydrogen-bond acceptors (Lipinski definition) is 4. The maximum atomic E-state index is 12.8. The summed E-state index contributed by atoms with van der Waals surface area (Å²) in [6.45, 7) is 5.45. The number of carbonyl (C=O) groups excluding carboxylic acids is 2. The molecule has 29 heavy (non-hydrogen) atoms. The summed E-state index contributed by atoms with van der Waals surface area (Å²) in [4.78, 5) is 33.6. The van der Waals surface area contributed by atoms with Crippen molar-refractivity contribution in [2.24, 2.45) is 5.92 Å². The van der Waals surface area contributed by atoms with Gasteiger partial charge in [-0.05, 0) is 62.0 Å². The molecule has 0 aliphatic carbocycles. The Kier molecular flexibility index (Phi) is 5.90. The average Bonchev–Trinajstić information content (AvgIpc) is 2.75. The van der Waals surface area contributed by atoms with Gasteiger partial charge < -0.3 is 10.2 Å². The van der Waals surface area contributed by atoms with Crippen molar-refractivity contribution >= 4 is 17.6 Å². The fourth-order valence-electron chi connectivity index (χ4n) is 4.12. The van der Waals surface area contributed by atoms with Crippen LogP contribution in [-0.2, 0) is 22.6 Å². The highest BCUT2D eigenvalue weighted by Gasteiger charge is 2.28. The van der Waals surface area contributed by atoms with Gasteiger partial charge >= 0.3 is 0 Å². The Labute approximate surface area is 171 Å². The lowest BCUT2D eigenvalue weighted by molar-refractivity contribution is -0.133. The number of carbonyl (C=O) groups is 2. The molecule has 2 amide bonds. The number of rotatable bonds is 4. The van der Waals surface area contributed by atoms with Gasteiger partial charge in [0.2, 0.25) is 11.8 Å². The van der Waals surface area contributed by atoms with E-state index in [1.165, 1.54) is 11.1 Å². The van der Waals surface area contributed by atoms with Crippen molar-refractivity contribution in [3.8, 4) is 0 Å². The van der Waals surface area contributed by atoms with E-state index >= 15 is 0 Å². The molecule has 0 bridgehead atoms. The Morgan fingerprint density at radius 2 is 1.83 bits per heavy atom. The molecule has 4 rings (SSSR count). The van der Waals surface area contributed by atoms with Crippen molar-refractivity contribution in [3.63, 3.8) is 0 Å². The predicted molar refractivity (Wildman–Crippen MR) is 112 cm³/mol. The molecule has 0 unspecified atom stereocenters. The molecule has 152 valence electrons. The van der Waals surface area contributed by atoms with E-state index in [2.05, 4.69) is 33.4 Å². The van der Waals surface area contributed by atoms with Crippen LogP contribution >= 0.6 is 0 Å². The highest BCUT2D eigenvalue weighted by atomic mass is 16.2. The van der Waals surface area contributed by atoms with Gasteiger partial charge in [-0.2, -0.15) is 0 Å². The first-order chi connectivity index (χ1) is 14.1. The van der Waals surface area contributed by atoms with Crippen LogP contribution in [0, 0.1) is 12.8 Å². The molecule has 1 N–H and O–H groups in total. The molecule has 2 aliphatic rings. The highest BCUT2D eigenvalue weighted by Crippen LogP contribution is 2.21. The lowest BCUT2D eigenvalue weighted by atomic mass is 9.95. The fraction of sp³-hybridized carbons (Fsp3) is 0.435. The second kappa shape index (κ2) is 8.74. The molecule has 2 aromatic rings. The number of hydrogen-bond donors (Lipinski definition) is 1. The molecule has 1 saturated heterocycles. The maximum Gasteiger partial charge on any atom is 0.237 e. The highest BCUT2D eigenvalue weighted by molar-refractivity contribution is 5.91. The van der Waals surface area contributed by atoms with Crippen LogP contribution < -0.4 is 5.32 Å². The maximum absolute atomic E-state index is 12.8. The number of anilines is 1. The van der Waals surface area contributed by atoms with Crippen molar-refractivity contribution in [3.05, 3.63) is 59.3 Å². The van der Waals surface area contributed by atoms with E-state index in [1.54, 1.807) is 6.20 Å². The van der Waals surface area contributed by atoms with Gasteiger partial charge in [0.25, 0.3) is 0 Å². The molecule has 1 aromatic heterocycles. The summed E-state index contributed by atoms with van der Waals surface area (Å²) < 4.78 is 0. The first-order valence-corrected chi connectivity index (χ1v) is 10.4. The van der Waals surface area contributed by atoms with Crippen LogP contribution in [0.5, 0.6) is 0 Å². The van der Waals surface area contributed by atoms with Crippen molar-refractivity contribution in [1.29, 1.82) is 0 Å². The number of nitrogens with one attached hydrogen (secondary N) is 1. The molecule has 1 fully saturated rings. The normalized spacial score (nSPS) is 17.6. The number of piperidine rings is 1. The number of aromatic nitrogens is 1. The van der Waals surface area contributed by atoms with Crippen LogP contribution in [0.15, 0.2) is 42.6 Å². The Balaban J connectivity index is 1.24. The van der Waals surface area contributed by atoms with E-state index in [9.17, 15) is 9.59 Å². The molecule has 0 saturated carbocycles. The summed E-state index contributed by atoms with van der Waals surface area (Å²) >= 11 is 0. The Morgan fingerprint density at radius 1 is 1.07 bits per heavy atom. The van der Waals surface area contributed by atoms with E-state index in [0.717, 1.165) is 44.5 Å². The second-order valence-corrected chi connectivity index (χ2v) is 8.09. The van der Waals surface area contributed by atoms with Crippen LogP contribution in [-0.4, -0.2) is 52.8 Å². The number of benzene rings is 1. The zero-order valence-electron chi connectivity index (χ0n) is 16.9. The Morgan fingerprint density at radius 3 is 2.55 bits per heavy atom. The Bertz CT molecular complexity index is 873. The second-order valence-electron chi connectivity index (χ2n) is 8.09. The number of pyridine rings is 1. The molecule has 1 aromatic carbocycles. The zero-order valence-corrected chi connectivity index (χ0v) is 16.9. The van der Waals surface area contributed by atoms with E-state index in [4.69, 9.17) is 0 Å². The molecular weight excluding hydrogens is 364 g/mol. The van der Waals surface area contributed by atoms with E-state index < -0.39 is 0 Å². The SMILES string of the molecule is Cc1ccc(NC(=O)C2CCN(CC(=O)N3CCc4ccccc4C3)CC2)nc1. The fourth-order valence-corrected chi connectivity index (χ4v) is 4.12. The minimum atomic E-state index is -0.0219. The number of fused-ring (bicyclic) bond motifs is 1. The van der Waals surface area contributed by atoms with Gasteiger partial charge in [0.05, 0.1) is 6.54 Å². The van der Waals surface area contributed by atoms with E-state index in [-0.39, 0.29) is 17.7 Å². The van der Waals surface area contributed by atoms with Crippen molar-refractivity contribution < 1.29 is 9.59 Å².